The van der Waals surface area contributed by atoms with E-state index in [9.17, 15) is 4.79 Å². The molecule has 1 aliphatic rings. The molecule has 1 saturated heterocycles. The Kier molecular flexibility index (Phi) is 6.11. The number of nitrogens with zero attached hydrogens (tertiary/aromatic N) is 5. The normalized spacial score (nSPS) is 15.2. The van der Waals surface area contributed by atoms with Crippen molar-refractivity contribution in [3.8, 4) is 17.1 Å². The van der Waals surface area contributed by atoms with Crippen molar-refractivity contribution in [3.63, 3.8) is 0 Å². The van der Waals surface area contributed by atoms with Gasteiger partial charge in [-0.15, -0.1) is 0 Å². The number of rotatable bonds is 6. The summed E-state index contributed by atoms with van der Waals surface area (Å²) in [4.78, 5) is 33.0. The predicted octanol–water partition coefficient (Wildman–Crippen LogP) is 4.66. The van der Waals surface area contributed by atoms with E-state index in [4.69, 9.17) is 9.72 Å². The van der Waals surface area contributed by atoms with Crippen LogP contribution < -0.4 is 10.1 Å². The summed E-state index contributed by atoms with van der Waals surface area (Å²) in [5.41, 5.74) is 3.08. The summed E-state index contributed by atoms with van der Waals surface area (Å²) in [6, 6.07) is 18.6. The van der Waals surface area contributed by atoms with Crippen molar-refractivity contribution in [2.24, 2.45) is 0 Å². The van der Waals surface area contributed by atoms with Crippen molar-refractivity contribution in [1.82, 2.24) is 24.8 Å². The molecule has 4 aromatic rings. The summed E-state index contributed by atoms with van der Waals surface area (Å²) in [5, 5.41) is 3.14. The fraction of sp³-hybridized carbons (Fsp3) is 0.192. The molecule has 0 saturated carbocycles. The zero-order valence-electron chi connectivity index (χ0n) is 18.8. The number of benzene rings is 2. The molecule has 2 aromatic heterocycles. The molecule has 1 fully saturated rings. The van der Waals surface area contributed by atoms with Gasteiger partial charge in [-0.1, -0.05) is 18.2 Å². The van der Waals surface area contributed by atoms with Crippen LogP contribution in [0.4, 0.5) is 11.6 Å². The van der Waals surface area contributed by atoms with Gasteiger partial charge in [-0.3, -0.25) is 4.79 Å². The molecule has 1 aliphatic heterocycles. The van der Waals surface area contributed by atoms with E-state index in [1.165, 1.54) is 0 Å². The summed E-state index contributed by atoms with van der Waals surface area (Å²) < 4.78 is 5.33. The first kappa shape index (κ1) is 21.5. The van der Waals surface area contributed by atoms with Crippen LogP contribution in [0.15, 0.2) is 79.3 Å². The molecule has 5 rings (SSSR count). The molecule has 34 heavy (non-hydrogen) atoms. The maximum atomic E-state index is 13.5. The lowest BCUT2D eigenvalue weighted by Crippen LogP contribution is -2.31. The molecule has 8 nitrogen and oxygen atoms in total. The van der Waals surface area contributed by atoms with Crippen molar-refractivity contribution < 1.29 is 9.53 Å². The number of aromatic nitrogens is 4. The summed E-state index contributed by atoms with van der Waals surface area (Å²) in [6.07, 6.45) is 6.87. The van der Waals surface area contributed by atoms with Crippen LogP contribution in [0.25, 0.3) is 11.4 Å². The van der Waals surface area contributed by atoms with E-state index in [-0.39, 0.29) is 11.9 Å². The monoisotopic (exact) mass is 452 g/mol. The Morgan fingerprint density at radius 1 is 1.00 bits per heavy atom. The highest BCUT2D eigenvalue weighted by Crippen LogP contribution is 2.33. The van der Waals surface area contributed by atoms with Crippen molar-refractivity contribution in [2.75, 3.05) is 19.0 Å². The lowest BCUT2D eigenvalue weighted by atomic mass is 10.1. The highest BCUT2D eigenvalue weighted by atomic mass is 16.5. The maximum Gasteiger partial charge on any atom is 0.254 e. The molecule has 1 amide bonds. The van der Waals surface area contributed by atoms with Crippen LogP contribution in [-0.2, 0) is 0 Å². The minimum absolute atomic E-state index is 0.0262. The van der Waals surface area contributed by atoms with Crippen molar-refractivity contribution in [3.05, 3.63) is 90.5 Å². The number of hydrogen-bond donors (Lipinski definition) is 1. The van der Waals surface area contributed by atoms with Gasteiger partial charge in [0.1, 0.15) is 5.75 Å². The van der Waals surface area contributed by atoms with E-state index in [1.807, 2.05) is 59.5 Å². The van der Waals surface area contributed by atoms with Gasteiger partial charge in [-0.05, 0) is 55.3 Å². The van der Waals surface area contributed by atoms with Gasteiger partial charge in [-0.25, -0.2) is 19.9 Å². The van der Waals surface area contributed by atoms with Gasteiger partial charge in [-0.2, -0.15) is 0 Å². The number of carbonyl (C=O) groups excluding carboxylic acids is 1. The van der Waals surface area contributed by atoms with Gasteiger partial charge in [0, 0.05) is 41.9 Å². The average molecular weight is 453 g/mol. The zero-order valence-corrected chi connectivity index (χ0v) is 18.8. The van der Waals surface area contributed by atoms with Crippen LogP contribution in [0, 0.1) is 0 Å². The van der Waals surface area contributed by atoms with Gasteiger partial charge in [0.2, 0.25) is 5.95 Å². The Labute approximate surface area is 197 Å². The Morgan fingerprint density at radius 2 is 1.85 bits per heavy atom. The van der Waals surface area contributed by atoms with Gasteiger partial charge in [0.25, 0.3) is 5.91 Å². The highest BCUT2D eigenvalue weighted by molar-refractivity contribution is 5.95. The number of carbonyl (C=O) groups is 1. The average Bonchev–Trinajstić information content (AvgIpc) is 3.39. The van der Waals surface area contributed by atoms with Crippen LogP contribution in [0.3, 0.4) is 0 Å². The molecule has 0 aliphatic carbocycles. The molecule has 0 bridgehead atoms. The Morgan fingerprint density at radius 3 is 2.71 bits per heavy atom. The molecule has 3 heterocycles. The predicted molar refractivity (Wildman–Crippen MR) is 129 cm³/mol. The van der Waals surface area contributed by atoms with E-state index in [0.29, 0.717) is 23.9 Å². The maximum absolute atomic E-state index is 13.5. The molecule has 0 unspecified atom stereocenters. The summed E-state index contributed by atoms with van der Waals surface area (Å²) in [7, 11) is 1.63. The smallest absolute Gasteiger partial charge is 0.254 e. The molecule has 170 valence electrons. The van der Waals surface area contributed by atoms with Gasteiger partial charge in [0.05, 0.1) is 18.8 Å². The van der Waals surface area contributed by atoms with E-state index in [1.54, 1.807) is 31.8 Å². The second-order valence-electron chi connectivity index (χ2n) is 7.97. The molecule has 1 atom stereocenters. The third-order valence-electron chi connectivity index (χ3n) is 5.79. The first-order valence-electron chi connectivity index (χ1n) is 11.1. The Bertz CT molecular complexity index is 1300. The number of hydrogen-bond acceptors (Lipinski definition) is 7. The van der Waals surface area contributed by atoms with Crippen LogP contribution >= 0.6 is 0 Å². The number of methoxy groups -OCH3 is 1. The molecular formula is C26H24N6O2. The first-order valence-corrected chi connectivity index (χ1v) is 11.1. The van der Waals surface area contributed by atoms with Crippen LogP contribution in [0.2, 0.25) is 0 Å². The van der Waals surface area contributed by atoms with Crippen LogP contribution in [0.5, 0.6) is 5.75 Å². The number of ether oxygens (including phenoxy) is 1. The summed E-state index contributed by atoms with van der Waals surface area (Å²) in [5.74, 6) is 1.82. The first-order chi connectivity index (χ1) is 16.7. The SMILES string of the molecule is COc1cccc(-c2nccc([C@@H]3CCCN3C(=O)c3cccc(Nc4ncccn4)c3)n2)c1. The molecular weight excluding hydrogens is 428 g/mol. The highest BCUT2D eigenvalue weighted by Gasteiger charge is 2.32. The van der Waals surface area contributed by atoms with Crippen LogP contribution in [0.1, 0.15) is 34.9 Å². The zero-order chi connectivity index (χ0) is 23.3. The number of likely N-dealkylation sites (tertiary alicyclic amines) is 1. The summed E-state index contributed by atoms with van der Waals surface area (Å²) in [6.45, 7) is 0.682. The van der Waals surface area contributed by atoms with E-state index in [2.05, 4.69) is 20.3 Å². The lowest BCUT2D eigenvalue weighted by Gasteiger charge is -2.25. The molecule has 0 radical (unpaired) electrons. The largest absolute Gasteiger partial charge is 0.497 e. The third-order valence-corrected chi connectivity index (χ3v) is 5.79. The molecule has 1 N–H and O–H groups in total. The van der Waals surface area contributed by atoms with Gasteiger partial charge in [0.15, 0.2) is 5.82 Å². The fourth-order valence-corrected chi connectivity index (χ4v) is 4.17. The standard InChI is InChI=1S/C26H24N6O2/c1-34-21-9-3-6-18(17-21)24-27-14-11-22(31-24)23-10-4-15-32(23)25(33)19-7-2-8-20(16-19)30-26-28-12-5-13-29-26/h2-3,5-9,11-14,16-17,23H,4,10,15H2,1H3,(H,28,29,30)/t23-/m0/s1. The van der Waals surface area contributed by atoms with Gasteiger partial charge >= 0.3 is 0 Å². The molecule has 8 heteroatoms. The number of amides is 1. The quantitative estimate of drug-likeness (QED) is 0.455. The minimum atomic E-state index is -0.103. The Balaban J connectivity index is 1.38. The molecule has 0 spiro atoms. The molecule has 2 aromatic carbocycles. The summed E-state index contributed by atoms with van der Waals surface area (Å²) >= 11 is 0. The van der Waals surface area contributed by atoms with E-state index in [0.717, 1.165) is 35.5 Å². The van der Waals surface area contributed by atoms with Crippen LogP contribution in [-0.4, -0.2) is 44.4 Å². The van der Waals surface area contributed by atoms with E-state index < -0.39 is 0 Å². The Hall–Kier alpha value is -4.33. The van der Waals surface area contributed by atoms with Crippen molar-refractivity contribution in [2.45, 2.75) is 18.9 Å². The topological polar surface area (TPSA) is 93.1 Å². The van der Waals surface area contributed by atoms with Crippen molar-refractivity contribution >= 4 is 17.5 Å². The third kappa shape index (κ3) is 4.56. The number of anilines is 2. The minimum Gasteiger partial charge on any atom is -0.497 e. The van der Waals surface area contributed by atoms with Gasteiger partial charge < -0.3 is 15.0 Å². The number of nitrogens with one attached hydrogen (secondary N) is 1. The van der Waals surface area contributed by atoms with Crippen molar-refractivity contribution in [1.29, 1.82) is 0 Å². The lowest BCUT2D eigenvalue weighted by molar-refractivity contribution is 0.0733. The van der Waals surface area contributed by atoms with E-state index >= 15 is 0 Å². The fourth-order valence-electron chi connectivity index (χ4n) is 4.17. The second kappa shape index (κ2) is 9.66. The second-order valence-corrected chi connectivity index (χ2v) is 7.97.